The maximum Gasteiger partial charge on any atom is 0.355 e. The lowest BCUT2D eigenvalue weighted by Gasteiger charge is -2.48. The molecule has 1 fully saturated rings. The predicted molar refractivity (Wildman–Crippen MR) is 125 cm³/mol. The molecule has 2 amide bonds. The highest BCUT2D eigenvalue weighted by Crippen LogP contribution is 2.38. The van der Waals surface area contributed by atoms with Gasteiger partial charge in [0.2, 0.25) is 0 Å². The Balaban J connectivity index is 1.39. The number of amides is 2. The lowest BCUT2D eigenvalue weighted by molar-refractivity contribution is -0.152. The molecule has 1 unspecified atom stereocenters. The summed E-state index contributed by atoms with van der Waals surface area (Å²) in [6.45, 7) is 0.0669. The average molecular weight is 485 g/mol. The Bertz CT molecular complexity index is 1130. The number of carbonyl (C=O) groups is 3. The van der Waals surface area contributed by atoms with Gasteiger partial charge in [0.05, 0.1) is 26.9 Å². The van der Waals surface area contributed by atoms with Crippen LogP contribution >= 0.6 is 11.8 Å². The monoisotopic (exact) mass is 484 g/mol. The Morgan fingerprint density at radius 2 is 1.74 bits per heavy atom. The highest BCUT2D eigenvalue weighted by molar-refractivity contribution is 8.00. The zero-order chi connectivity index (χ0) is 24.2. The summed E-state index contributed by atoms with van der Waals surface area (Å²) < 4.78 is 21.0. The van der Waals surface area contributed by atoms with Gasteiger partial charge in [-0.05, 0) is 35.9 Å². The van der Waals surface area contributed by atoms with E-state index in [1.165, 1.54) is 30.9 Å². The molecule has 2 atom stereocenters. The summed E-state index contributed by atoms with van der Waals surface area (Å²) in [4.78, 5) is 39.8. The van der Waals surface area contributed by atoms with Crippen molar-refractivity contribution in [3.8, 4) is 17.2 Å². The summed E-state index contributed by atoms with van der Waals surface area (Å²) in [5, 5.41) is 2.36. The second-order valence-electron chi connectivity index (χ2n) is 7.46. The zero-order valence-corrected chi connectivity index (χ0v) is 19.7. The Kier molecular flexibility index (Phi) is 6.97. The lowest BCUT2D eigenvalue weighted by Crippen LogP contribution is -2.70. The van der Waals surface area contributed by atoms with E-state index in [9.17, 15) is 14.4 Å². The standard InChI is InChI=1S/C24H24N2O7S/c1-30-15-6-4-14(5-7-15)13-33-24(29)18-10-11-34-23-20(22(28)26(18)23)25-21(27)17-9-8-16(31-2)12-19(17)32-3/h4-10,12,20,23H,11,13H2,1-3H3,(H,25,27)/t20?,23-/m0/s1. The van der Waals surface area contributed by atoms with Gasteiger partial charge in [-0.1, -0.05) is 12.1 Å². The first-order chi connectivity index (χ1) is 16.5. The fraction of sp³-hybridized carbons (Fsp3) is 0.292. The summed E-state index contributed by atoms with van der Waals surface area (Å²) in [6, 6.07) is 11.2. The number of nitrogens with one attached hydrogen (secondary N) is 1. The molecule has 2 aliphatic rings. The summed E-state index contributed by atoms with van der Waals surface area (Å²) >= 11 is 1.46. The molecule has 2 heterocycles. The highest BCUT2D eigenvalue weighted by atomic mass is 32.2. The van der Waals surface area contributed by atoms with Gasteiger partial charge in [0, 0.05) is 11.8 Å². The molecule has 4 rings (SSSR count). The topological polar surface area (TPSA) is 103 Å². The molecule has 0 bridgehead atoms. The van der Waals surface area contributed by atoms with E-state index >= 15 is 0 Å². The first-order valence-corrected chi connectivity index (χ1v) is 11.5. The summed E-state index contributed by atoms with van der Waals surface area (Å²) in [6.07, 6.45) is 1.67. The fourth-order valence-corrected chi connectivity index (χ4v) is 4.87. The molecule has 0 radical (unpaired) electrons. The van der Waals surface area contributed by atoms with Crippen molar-refractivity contribution in [2.24, 2.45) is 0 Å². The third-order valence-electron chi connectivity index (χ3n) is 5.52. The van der Waals surface area contributed by atoms with E-state index in [1.54, 1.807) is 55.7 Å². The van der Waals surface area contributed by atoms with Crippen LogP contribution in [0, 0.1) is 0 Å². The van der Waals surface area contributed by atoms with Crippen LogP contribution in [-0.4, -0.2) is 61.2 Å². The van der Waals surface area contributed by atoms with Crippen molar-refractivity contribution in [1.29, 1.82) is 0 Å². The van der Waals surface area contributed by atoms with Gasteiger partial charge in [-0.25, -0.2) is 4.79 Å². The zero-order valence-electron chi connectivity index (χ0n) is 18.9. The van der Waals surface area contributed by atoms with E-state index in [2.05, 4.69) is 5.32 Å². The number of ether oxygens (including phenoxy) is 4. The van der Waals surface area contributed by atoms with Gasteiger partial charge < -0.3 is 24.3 Å². The molecule has 10 heteroatoms. The van der Waals surface area contributed by atoms with E-state index in [4.69, 9.17) is 18.9 Å². The van der Waals surface area contributed by atoms with Crippen molar-refractivity contribution in [1.82, 2.24) is 10.2 Å². The Morgan fingerprint density at radius 1 is 1.03 bits per heavy atom. The van der Waals surface area contributed by atoms with Gasteiger partial charge in [-0.3, -0.25) is 14.5 Å². The van der Waals surface area contributed by atoms with Crippen molar-refractivity contribution < 1.29 is 33.3 Å². The number of methoxy groups -OCH3 is 3. The first kappa shape index (κ1) is 23.5. The second-order valence-corrected chi connectivity index (χ2v) is 8.61. The van der Waals surface area contributed by atoms with Crippen LogP contribution in [0.1, 0.15) is 15.9 Å². The molecule has 2 aromatic carbocycles. The maximum absolute atomic E-state index is 12.9. The number of hydrogen-bond donors (Lipinski definition) is 1. The van der Waals surface area contributed by atoms with Crippen LogP contribution in [0.2, 0.25) is 0 Å². The summed E-state index contributed by atoms with van der Waals surface area (Å²) in [7, 11) is 4.54. The van der Waals surface area contributed by atoms with Crippen LogP contribution in [0.4, 0.5) is 0 Å². The summed E-state index contributed by atoms with van der Waals surface area (Å²) in [5.74, 6) is 0.693. The molecule has 34 heavy (non-hydrogen) atoms. The number of rotatable bonds is 8. The molecule has 2 aliphatic heterocycles. The van der Waals surface area contributed by atoms with Crippen molar-refractivity contribution in [3.05, 3.63) is 65.4 Å². The van der Waals surface area contributed by atoms with E-state index in [0.717, 1.165) is 5.56 Å². The van der Waals surface area contributed by atoms with Crippen molar-refractivity contribution in [2.75, 3.05) is 27.1 Å². The van der Waals surface area contributed by atoms with Gasteiger partial charge in [0.25, 0.3) is 11.8 Å². The number of esters is 1. The van der Waals surface area contributed by atoms with Gasteiger partial charge in [0.1, 0.15) is 41.0 Å². The number of β-lactam (4-membered cyclic amide) rings is 1. The number of carbonyl (C=O) groups excluding carboxylic acids is 3. The van der Waals surface area contributed by atoms with Crippen LogP contribution in [0.3, 0.4) is 0 Å². The number of nitrogens with zero attached hydrogens (tertiary/aromatic N) is 1. The van der Waals surface area contributed by atoms with E-state index in [0.29, 0.717) is 23.0 Å². The van der Waals surface area contributed by atoms with Crippen LogP contribution in [0.25, 0.3) is 0 Å². The largest absolute Gasteiger partial charge is 0.497 e. The van der Waals surface area contributed by atoms with Crippen molar-refractivity contribution in [2.45, 2.75) is 18.0 Å². The third-order valence-corrected chi connectivity index (χ3v) is 6.71. The van der Waals surface area contributed by atoms with Crippen molar-refractivity contribution >= 4 is 29.5 Å². The van der Waals surface area contributed by atoms with E-state index < -0.39 is 23.3 Å². The van der Waals surface area contributed by atoms with Crippen LogP contribution < -0.4 is 19.5 Å². The fourth-order valence-electron chi connectivity index (χ4n) is 3.68. The Labute approximate surface area is 201 Å². The van der Waals surface area contributed by atoms with Crippen LogP contribution in [0.15, 0.2) is 54.2 Å². The minimum Gasteiger partial charge on any atom is -0.497 e. The van der Waals surface area contributed by atoms with Crippen molar-refractivity contribution in [3.63, 3.8) is 0 Å². The molecule has 0 saturated carbocycles. The molecule has 0 aliphatic carbocycles. The van der Waals surface area contributed by atoms with Gasteiger partial charge in [-0.2, -0.15) is 0 Å². The average Bonchev–Trinajstić information content (AvgIpc) is 2.89. The predicted octanol–water partition coefficient (Wildman–Crippen LogP) is 2.35. The van der Waals surface area contributed by atoms with Crippen LogP contribution in [0.5, 0.6) is 17.2 Å². The highest BCUT2D eigenvalue weighted by Gasteiger charge is 2.53. The molecule has 9 nitrogen and oxygen atoms in total. The summed E-state index contributed by atoms with van der Waals surface area (Å²) in [5.41, 5.74) is 1.27. The Morgan fingerprint density at radius 3 is 2.41 bits per heavy atom. The van der Waals surface area contributed by atoms with Gasteiger partial charge in [0.15, 0.2) is 0 Å². The quantitative estimate of drug-likeness (QED) is 0.450. The first-order valence-electron chi connectivity index (χ1n) is 10.4. The van der Waals surface area contributed by atoms with Gasteiger partial charge >= 0.3 is 5.97 Å². The smallest absolute Gasteiger partial charge is 0.355 e. The van der Waals surface area contributed by atoms with Crippen LogP contribution in [-0.2, 0) is 20.9 Å². The second kappa shape index (κ2) is 10.1. The van der Waals surface area contributed by atoms with E-state index in [1.807, 2.05) is 0 Å². The third kappa shape index (κ3) is 4.54. The SMILES string of the molecule is COc1ccc(COC(=O)C2=CCS[C@H]3C(NC(=O)c4ccc(OC)cc4OC)C(=O)N23)cc1. The minimum atomic E-state index is -0.762. The molecule has 1 saturated heterocycles. The molecule has 1 N–H and O–H groups in total. The normalized spacial score (nSPS) is 18.7. The molecule has 0 aromatic heterocycles. The number of benzene rings is 2. The molecule has 178 valence electrons. The Hall–Kier alpha value is -3.66. The maximum atomic E-state index is 12.9. The minimum absolute atomic E-state index is 0.0669. The van der Waals surface area contributed by atoms with Gasteiger partial charge in [-0.15, -0.1) is 11.8 Å². The van der Waals surface area contributed by atoms with E-state index in [-0.39, 0.29) is 23.8 Å². The molecular weight excluding hydrogens is 460 g/mol. The molecular formula is C24H24N2O7S. The molecule has 0 spiro atoms. The molecule has 2 aromatic rings. The number of fused-ring (bicyclic) bond motifs is 1. The lowest BCUT2D eigenvalue weighted by atomic mass is 10.0. The number of thioether (sulfide) groups is 1. The number of hydrogen-bond acceptors (Lipinski definition) is 8.